The summed E-state index contributed by atoms with van der Waals surface area (Å²) in [5.74, 6) is -3.15. The molecule has 9 nitrogen and oxygen atoms in total. The Hall–Kier alpha value is -2.72. The number of hydrogen-bond donors (Lipinski definition) is 4. The van der Waals surface area contributed by atoms with Gasteiger partial charge in [0, 0.05) is 10.9 Å². The molecule has 0 radical (unpaired) electrons. The third kappa shape index (κ3) is 2.15. The number of aliphatic hydroxyl groups excluding tert-OH is 2. The summed E-state index contributed by atoms with van der Waals surface area (Å²) < 4.78 is 16.4. The van der Waals surface area contributed by atoms with E-state index in [1.807, 2.05) is 0 Å². The molecular weight excluding hydrogens is 396 g/mol. The average Bonchev–Trinajstić information content (AvgIpc) is 2.97. The topological polar surface area (TPSA) is 143 Å². The molecular formula is C21H22O9. The first kappa shape index (κ1) is 20.5. The van der Waals surface area contributed by atoms with Crippen LogP contribution in [-0.2, 0) is 4.79 Å². The first-order valence-corrected chi connectivity index (χ1v) is 9.23. The Bertz CT molecular complexity index is 1090. The van der Waals surface area contributed by atoms with E-state index < -0.39 is 40.9 Å². The van der Waals surface area contributed by atoms with Crippen LogP contribution in [0.25, 0.3) is 10.8 Å². The number of ether oxygens (including phenoxy) is 3. The quantitative estimate of drug-likeness (QED) is 0.539. The van der Waals surface area contributed by atoms with Crippen LogP contribution in [0.2, 0.25) is 0 Å². The minimum Gasteiger partial charge on any atom is -0.496 e. The SMILES string of the molecule is COc1c2c(c(OC)c3c(OC)cccc13)C(=O)[C@]1(O)[C@@H](O)[C@@](C)(O)C(=O)[C@@H](O)[C@H]21. The highest BCUT2D eigenvalue weighted by Crippen LogP contribution is 2.58. The third-order valence-corrected chi connectivity index (χ3v) is 6.28. The highest BCUT2D eigenvalue weighted by molar-refractivity contribution is 6.19. The molecule has 4 rings (SSSR count). The van der Waals surface area contributed by atoms with E-state index in [0.29, 0.717) is 16.5 Å². The van der Waals surface area contributed by atoms with Gasteiger partial charge in [0.1, 0.15) is 29.5 Å². The molecule has 0 aromatic heterocycles. The number of rotatable bonds is 3. The van der Waals surface area contributed by atoms with Crippen LogP contribution in [0.4, 0.5) is 0 Å². The van der Waals surface area contributed by atoms with E-state index in [1.54, 1.807) is 18.2 Å². The van der Waals surface area contributed by atoms with Gasteiger partial charge < -0.3 is 34.6 Å². The lowest BCUT2D eigenvalue weighted by Gasteiger charge is -2.46. The molecule has 9 heteroatoms. The molecule has 160 valence electrons. The zero-order chi connectivity index (χ0) is 22.2. The Balaban J connectivity index is 2.19. The number of ketones is 2. The van der Waals surface area contributed by atoms with E-state index in [1.165, 1.54) is 21.3 Å². The number of fused-ring (bicyclic) bond motifs is 4. The fraction of sp³-hybridized carbons (Fsp3) is 0.429. The van der Waals surface area contributed by atoms with Crippen molar-refractivity contribution in [2.24, 2.45) is 0 Å². The molecule has 2 aromatic rings. The van der Waals surface area contributed by atoms with Crippen molar-refractivity contribution in [3.8, 4) is 17.2 Å². The molecule has 1 fully saturated rings. The van der Waals surface area contributed by atoms with Gasteiger partial charge in [-0.3, -0.25) is 9.59 Å². The van der Waals surface area contributed by atoms with Gasteiger partial charge in [0.15, 0.2) is 17.0 Å². The first-order chi connectivity index (χ1) is 14.1. The summed E-state index contributed by atoms with van der Waals surface area (Å²) in [6.45, 7) is 0.946. The molecule has 2 aliphatic rings. The van der Waals surface area contributed by atoms with Crippen LogP contribution in [0.15, 0.2) is 18.2 Å². The lowest BCUT2D eigenvalue weighted by Crippen LogP contribution is -2.71. The molecule has 1 saturated carbocycles. The molecule has 0 spiro atoms. The normalized spacial score (nSPS) is 32.7. The summed E-state index contributed by atoms with van der Waals surface area (Å²) >= 11 is 0. The summed E-state index contributed by atoms with van der Waals surface area (Å²) in [7, 11) is 4.10. The van der Waals surface area contributed by atoms with Crippen molar-refractivity contribution in [1.29, 1.82) is 0 Å². The van der Waals surface area contributed by atoms with Crippen LogP contribution >= 0.6 is 0 Å². The minimum atomic E-state index is -2.68. The van der Waals surface area contributed by atoms with Crippen molar-refractivity contribution >= 4 is 22.3 Å². The Kier molecular flexibility index (Phi) is 4.37. The van der Waals surface area contributed by atoms with E-state index in [9.17, 15) is 30.0 Å². The molecule has 0 saturated heterocycles. The predicted molar refractivity (Wildman–Crippen MR) is 103 cm³/mol. The van der Waals surface area contributed by atoms with Crippen molar-refractivity contribution < 1.29 is 44.2 Å². The van der Waals surface area contributed by atoms with Crippen molar-refractivity contribution in [3.05, 3.63) is 29.3 Å². The van der Waals surface area contributed by atoms with Gasteiger partial charge in [-0.25, -0.2) is 0 Å². The molecule has 2 aliphatic carbocycles. The number of carbonyl (C=O) groups is 2. The highest BCUT2D eigenvalue weighted by atomic mass is 16.5. The molecule has 30 heavy (non-hydrogen) atoms. The van der Waals surface area contributed by atoms with Crippen LogP contribution in [0.1, 0.15) is 28.8 Å². The Morgan fingerprint density at radius 2 is 1.60 bits per heavy atom. The maximum atomic E-state index is 13.5. The first-order valence-electron chi connectivity index (χ1n) is 9.23. The average molecular weight is 418 g/mol. The number of benzene rings is 2. The minimum absolute atomic E-state index is 0.0259. The van der Waals surface area contributed by atoms with Gasteiger partial charge in [-0.05, 0) is 13.0 Å². The van der Waals surface area contributed by atoms with Gasteiger partial charge in [0.25, 0.3) is 0 Å². The summed E-state index contributed by atoms with van der Waals surface area (Å²) in [6.07, 6.45) is -4.16. The monoisotopic (exact) mass is 418 g/mol. The standard InChI is InChI=1S/C21H22O9/c1-20(26)18(24)14(22)13-11-12(17(23)21(13,27)19(20)25)16(30-4)10-8(15(11)29-3)6-5-7-9(10)28-2/h5-7,13-14,19,22,25-27H,1-4H3/t13-,14-,19-,20-,21-/m0/s1. The highest BCUT2D eigenvalue weighted by Gasteiger charge is 2.71. The summed E-state index contributed by atoms with van der Waals surface area (Å²) in [4.78, 5) is 26.1. The molecule has 2 aromatic carbocycles. The van der Waals surface area contributed by atoms with Gasteiger partial charge in [0.05, 0.1) is 38.2 Å². The maximum Gasteiger partial charge on any atom is 0.202 e. The number of aliphatic hydroxyl groups is 4. The lowest BCUT2D eigenvalue weighted by molar-refractivity contribution is -0.202. The van der Waals surface area contributed by atoms with Crippen LogP contribution in [0.5, 0.6) is 17.2 Å². The lowest BCUT2D eigenvalue weighted by atomic mass is 9.64. The van der Waals surface area contributed by atoms with Crippen LogP contribution < -0.4 is 14.2 Å². The smallest absolute Gasteiger partial charge is 0.202 e. The number of carbonyl (C=O) groups excluding carboxylic acids is 2. The molecule has 0 aliphatic heterocycles. The second-order valence-corrected chi connectivity index (χ2v) is 7.73. The van der Waals surface area contributed by atoms with Crippen LogP contribution in [0, 0.1) is 0 Å². The van der Waals surface area contributed by atoms with Crippen molar-refractivity contribution in [2.75, 3.05) is 21.3 Å². The molecule has 0 heterocycles. The van der Waals surface area contributed by atoms with Gasteiger partial charge in [-0.2, -0.15) is 0 Å². The molecule has 5 atom stereocenters. The summed E-state index contributed by atoms with van der Waals surface area (Å²) in [5.41, 5.74) is -5.34. The van der Waals surface area contributed by atoms with E-state index in [2.05, 4.69) is 0 Å². The molecule has 4 N–H and O–H groups in total. The Morgan fingerprint density at radius 3 is 2.17 bits per heavy atom. The van der Waals surface area contributed by atoms with Crippen molar-refractivity contribution in [1.82, 2.24) is 0 Å². The van der Waals surface area contributed by atoms with Crippen molar-refractivity contribution in [3.63, 3.8) is 0 Å². The number of hydrogen-bond acceptors (Lipinski definition) is 9. The van der Waals surface area contributed by atoms with E-state index in [0.717, 1.165) is 6.92 Å². The fourth-order valence-electron chi connectivity index (χ4n) is 4.85. The Labute approximate surface area is 171 Å². The zero-order valence-corrected chi connectivity index (χ0v) is 16.8. The van der Waals surface area contributed by atoms with Gasteiger partial charge >= 0.3 is 0 Å². The summed E-state index contributed by atoms with van der Waals surface area (Å²) in [5, 5.41) is 44.1. The number of methoxy groups -OCH3 is 3. The van der Waals surface area contributed by atoms with Crippen molar-refractivity contribution in [2.45, 2.75) is 36.3 Å². The second kappa shape index (κ2) is 6.39. The van der Waals surface area contributed by atoms with Gasteiger partial charge in [0.2, 0.25) is 5.78 Å². The molecule has 0 bridgehead atoms. The van der Waals surface area contributed by atoms with E-state index in [-0.39, 0.29) is 22.6 Å². The number of Topliss-reactive ketones (excluding diaryl/α,β-unsaturated/α-hetero) is 2. The van der Waals surface area contributed by atoms with Gasteiger partial charge in [-0.15, -0.1) is 0 Å². The summed E-state index contributed by atoms with van der Waals surface area (Å²) in [6, 6.07) is 5.00. The van der Waals surface area contributed by atoms with Crippen LogP contribution in [0.3, 0.4) is 0 Å². The predicted octanol–water partition coefficient (Wildman–Crippen LogP) is -0.0679. The Morgan fingerprint density at radius 1 is 0.967 bits per heavy atom. The van der Waals surface area contributed by atoms with Gasteiger partial charge in [-0.1, -0.05) is 12.1 Å². The molecule has 0 amide bonds. The largest absolute Gasteiger partial charge is 0.496 e. The molecule has 0 unspecified atom stereocenters. The maximum absolute atomic E-state index is 13.5. The fourth-order valence-corrected chi connectivity index (χ4v) is 4.85. The third-order valence-electron chi connectivity index (χ3n) is 6.28. The van der Waals surface area contributed by atoms with E-state index in [4.69, 9.17) is 14.2 Å². The zero-order valence-electron chi connectivity index (χ0n) is 16.8. The van der Waals surface area contributed by atoms with Crippen LogP contribution in [-0.4, -0.2) is 76.7 Å². The second-order valence-electron chi connectivity index (χ2n) is 7.73. The van der Waals surface area contributed by atoms with E-state index >= 15 is 0 Å².